The van der Waals surface area contributed by atoms with Gasteiger partial charge in [0.25, 0.3) is 0 Å². The number of carbonyl (C=O) groups is 1. The lowest BCUT2D eigenvalue weighted by Gasteiger charge is -2.14. The molecular formula is C26H18Br2O2. The van der Waals surface area contributed by atoms with Gasteiger partial charge >= 0.3 is 5.97 Å². The first-order valence-electron chi connectivity index (χ1n) is 9.40. The Labute approximate surface area is 192 Å². The molecule has 0 bridgehead atoms. The van der Waals surface area contributed by atoms with E-state index in [2.05, 4.69) is 74.3 Å². The summed E-state index contributed by atoms with van der Waals surface area (Å²) in [5.74, 6) is -0.331. The van der Waals surface area contributed by atoms with Crippen LogP contribution in [0.3, 0.4) is 0 Å². The maximum atomic E-state index is 11.7. The van der Waals surface area contributed by atoms with Gasteiger partial charge in [0.15, 0.2) is 0 Å². The van der Waals surface area contributed by atoms with Gasteiger partial charge in [-0.25, -0.2) is 4.79 Å². The van der Waals surface area contributed by atoms with Gasteiger partial charge in [-0.1, -0.05) is 86.5 Å². The van der Waals surface area contributed by atoms with E-state index in [9.17, 15) is 4.79 Å². The Kier molecular flexibility index (Phi) is 6.16. The Balaban J connectivity index is 1.84. The van der Waals surface area contributed by atoms with Gasteiger partial charge in [0.2, 0.25) is 0 Å². The van der Waals surface area contributed by atoms with Gasteiger partial charge in [-0.05, 0) is 69.8 Å². The second-order valence-electron chi connectivity index (χ2n) is 6.85. The third-order valence-electron chi connectivity index (χ3n) is 4.92. The van der Waals surface area contributed by atoms with Crippen LogP contribution in [0.4, 0.5) is 0 Å². The third kappa shape index (κ3) is 4.40. The monoisotopic (exact) mass is 520 g/mol. The maximum absolute atomic E-state index is 11.7. The van der Waals surface area contributed by atoms with E-state index in [0.29, 0.717) is 5.56 Å². The highest BCUT2D eigenvalue weighted by atomic mass is 79.9. The first kappa shape index (κ1) is 20.6. The molecule has 4 rings (SSSR count). The lowest BCUT2D eigenvalue weighted by Crippen LogP contribution is -2.00. The molecule has 0 radical (unpaired) electrons. The molecule has 0 atom stereocenters. The lowest BCUT2D eigenvalue weighted by molar-refractivity contribution is 0.0601. The zero-order chi connectivity index (χ0) is 21.1. The molecule has 0 aromatic heterocycles. The van der Waals surface area contributed by atoms with Crippen LogP contribution in [-0.2, 0) is 4.74 Å². The van der Waals surface area contributed by atoms with E-state index in [1.165, 1.54) is 7.11 Å². The second-order valence-corrected chi connectivity index (χ2v) is 8.68. The summed E-state index contributed by atoms with van der Waals surface area (Å²) < 4.78 is 6.84. The summed E-state index contributed by atoms with van der Waals surface area (Å²) in [6.45, 7) is 0. The molecule has 0 aliphatic heterocycles. The minimum absolute atomic E-state index is 0.331. The Morgan fingerprint density at radius 1 is 0.633 bits per heavy atom. The quantitative estimate of drug-likeness (QED) is 0.254. The minimum Gasteiger partial charge on any atom is -0.465 e. The summed E-state index contributed by atoms with van der Waals surface area (Å²) in [5, 5.41) is 0. The van der Waals surface area contributed by atoms with E-state index < -0.39 is 0 Å². The average Bonchev–Trinajstić information content (AvgIpc) is 2.78. The van der Waals surface area contributed by atoms with E-state index in [1.54, 1.807) is 12.1 Å². The molecule has 4 aromatic carbocycles. The molecule has 0 unspecified atom stereocenters. The highest BCUT2D eigenvalue weighted by Crippen LogP contribution is 2.37. The number of benzene rings is 4. The molecule has 0 saturated carbocycles. The molecule has 4 aromatic rings. The van der Waals surface area contributed by atoms with E-state index in [1.807, 2.05) is 36.4 Å². The third-order valence-corrected chi connectivity index (χ3v) is 5.83. The smallest absolute Gasteiger partial charge is 0.337 e. The van der Waals surface area contributed by atoms with Crippen molar-refractivity contribution in [2.45, 2.75) is 0 Å². The van der Waals surface area contributed by atoms with Crippen LogP contribution in [0.1, 0.15) is 10.4 Å². The van der Waals surface area contributed by atoms with E-state index in [-0.39, 0.29) is 5.97 Å². The van der Waals surface area contributed by atoms with Crippen molar-refractivity contribution in [2.75, 3.05) is 7.11 Å². The molecule has 0 aliphatic rings. The van der Waals surface area contributed by atoms with Crippen molar-refractivity contribution in [3.8, 4) is 33.4 Å². The molecule has 0 amide bonds. The highest BCUT2D eigenvalue weighted by Gasteiger charge is 2.12. The van der Waals surface area contributed by atoms with Gasteiger partial charge in [0.1, 0.15) is 0 Å². The summed E-state index contributed by atoms with van der Waals surface area (Å²) in [6, 6.07) is 30.6. The van der Waals surface area contributed by atoms with Gasteiger partial charge in [-0.3, -0.25) is 0 Å². The molecule has 0 aliphatic carbocycles. The standard InChI is InChI=1S/C26H18Br2O2/c1-30-26(29)19-9-7-17(8-10-19)20-11-12-24(21-13-22(27)16-23(28)14-21)25(15-20)18-5-3-2-4-6-18/h2-16H,1H3. The van der Waals surface area contributed by atoms with Crippen LogP contribution in [-0.4, -0.2) is 13.1 Å². The molecule has 2 nitrogen and oxygen atoms in total. The number of rotatable bonds is 4. The van der Waals surface area contributed by atoms with Gasteiger partial charge < -0.3 is 4.74 Å². The van der Waals surface area contributed by atoms with Crippen LogP contribution in [0, 0.1) is 0 Å². The molecule has 0 N–H and O–H groups in total. The fourth-order valence-corrected chi connectivity index (χ4v) is 4.75. The Morgan fingerprint density at radius 3 is 1.90 bits per heavy atom. The Morgan fingerprint density at radius 2 is 1.27 bits per heavy atom. The Hall–Kier alpha value is -2.69. The molecule has 30 heavy (non-hydrogen) atoms. The van der Waals surface area contributed by atoms with Crippen molar-refractivity contribution in [3.63, 3.8) is 0 Å². The van der Waals surface area contributed by atoms with Crippen molar-refractivity contribution in [2.24, 2.45) is 0 Å². The zero-order valence-corrected chi connectivity index (χ0v) is 19.4. The van der Waals surface area contributed by atoms with Crippen molar-refractivity contribution >= 4 is 37.8 Å². The summed E-state index contributed by atoms with van der Waals surface area (Å²) in [4.78, 5) is 11.7. The number of halogens is 2. The summed E-state index contributed by atoms with van der Waals surface area (Å²) in [7, 11) is 1.39. The van der Waals surface area contributed by atoms with Crippen LogP contribution < -0.4 is 0 Å². The molecule has 4 heteroatoms. The molecule has 0 saturated heterocycles. The van der Waals surface area contributed by atoms with E-state index >= 15 is 0 Å². The SMILES string of the molecule is COC(=O)c1ccc(-c2ccc(-c3cc(Br)cc(Br)c3)c(-c3ccccc3)c2)cc1. The lowest BCUT2D eigenvalue weighted by atomic mass is 9.91. The fraction of sp³-hybridized carbons (Fsp3) is 0.0385. The van der Waals surface area contributed by atoms with Gasteiger partial charge in [0, 0.05) is 8.95 Å². The topological polar surface area (TPSA) is 26.3 Å². The number of methoxy groups -OCH3 is 1. The van der Waals surface area contributed by atoms with E-state index in [0.717, 1.165) is 42.3 Å². The number of hydrogen-bond acceptors (Lipinski definition) is 2. The molecule has 0 heterocycles. The predicted octanol–water partition coefficient (Wildman–Crippen LogP) is 8.00. The zero-order valence-electron chi connectivity index (χ0n) is 16.2. The molecule has 0 fully saturated rings. The van der Waals surface area contributed by atoms with Crippen molar-refractivity contribution < 1.29 is 9.53 Å². The second kappa shape index (κ2) is 8.99. The van der Waals surface area contributed by atoms with Crippen LogP contribution >= 0.6 is 31.9 Å². The summed E-state index contributed by atoms with van der Waals surface area (Å²) in [6.07, 6.45) is 0. The number of esters is 1. The van der Waals surface area contributed by atoms with Crippen LogP contribution in [0.2, 0.25) is 0 Å². The van der Waals surface area contributed by atoms with Crippen molar-refractivity contribution in [1.82, 2.24) is 0 Å². The minimum atomic E-state index is -0.331. The van der Waals surface area contributed by atoms with Crippen molar-refractivity contribution in [1.29, 1.82) is 0 Å². The largest absolute Gasteiger partial charge is 0.465 e. The molecular weight excluding hydrogens is 504 g/mol. The number of carbonyl (C=O) groups excluding carboxylic acids is 1. The van der Waals surface area contributed by atoms with Crippen LogP contribution in [0.5, 0.6) is 0 Å². The van der Waals surface area contributed by atoms with E-state index in [4.69, 9.17) is 4.74 Å². The Bertz CT molecular complexity index is 1180. The first-order valence-corrected chi connectivity index (χ1v) is 11.0. The van der Waals surface area contributed by atoms with Crippen LogP contribution in [0.15, 0.2) is 99.9 Å². The predicted molar refractivity (Wildman–Crippen MR) is 129 cm³/mol. The summed E-state index contributed by atoms with van der Waals surface area (Å²) in [5.41, 5.74) is 7.25. The average molecular weight is 522 g/mol. The van der Waals surface area contributed by atoms with Crippen LogP contribution in [0.25, 0.3) is 33.4 Å². The number of ether oxygens (including phenoxy) is 1. The fourth-order valence-electron chi connectivity index (χ4n) is 3.46. The van der Waals surface area contributed by atoms with Gasteiger partial charge in [-0.15, -0.1) is 0 Å². The normalized spacial score (nSPS) is 10.6. The van der Waals surface area contributed by atoms with Gasteiger partial charge in [-0.2, -0.15) is 0 Å². The molecule has 148 valence electrons. The first-order chi connectivity index (χ1) is 14.5. The molecule has 0 spiro atoms. The summed E-state index contributed by atoms with van der Waals surface area (Å²) >= 11 is 7.20. The van der Waals surface area contributed by atoms with Crippen molar-refractivity contribution in [3.05, 3.63) is 106 Å². The number of hydrogen-bond donors (Lipinski definition) is 0. The maximum Gasteiger partial charge on any atom is 0.337 e. The highest BCUT2D eigenvalue weighted by molar-refractivity contribution is 9.11. The van der Waals surface area contributed by atoms with Gasteiger partial charge in [0.05, 0.1) is 12.7 Å².